The molecule has 14 heavy (non-hydrogen) atoms. The fourth-order valence-corrected chi connectivity index (χ4v) is 1.60. The van der Waals surface area contributed by atoms with Crippen LogP contribution >= 0.6 is 0 Å². The topological polar surface area (TPSA) is 80.3 Å². The summed E-state index contributed by atoms with van der Waals surface area (Å²) in [4.78, 5) is -1.81. The lowest BCUT2D eigenvalue weighted by Gasteiger charge is -2.11. The molecule has 1 aromatic carbocycles. The summed E-state index contributed by atoms with van der Waals surface area (Å²) in [6, 6.07) is 0.618. The summed E-state index contributed by atoms with van der Waals surface area (Å²) in [7, 11) is 0. The van der Waals surface area contributed by atoms with E-state index in [9.17, 15) is 26.3 Å². The van der Waals surface area contributed by atoms with Gasteiger partial charge in [-0.2, -0.15) is 0 Å². The van der Waals surface area contributed by atoms with E-state index in [2.05, 4.69) is 0 Å². The number of rotatable bonds is 2. The summed E-state index contributed by atoms with van der Waals surface area (Å²) in [6.07, 6.45) is 0. The molecule has 0 aliphatic carbocycles. The van der Waals surface area contributed by atoms with Crippen LogP contribution < -0.4 is 0 Å². The second kappa shape index (κ2) is 4.22. The molecule has 8 heteroatoms. The third-order valence-corrected chi connectivity index (χ3v) is 2.69. The molecule has 0 aromatic heterocycles. The van der Waals surface area contributed by atoms with Gasteiger partial charge in [0.1, 0.15) is 11.6 Å². The summed E-state index contributed by atoms with van der Waals surface area (Å²) < 4.78 is 66.8. The molecular weight excluding hydrogens is 238 g/mol. The highest BCUT2D eigenvalue weighted by Gasteiger charge is 2.10. The Balaban J connectivity index is 3.38. The molecule has 0 saturated carbocycles. The highest BCUT2D eigenvalue weighted by Crippen LogP contribution is 2.19. The van der Waals surface area contributed by atoms with Gasteiger partial charge < -0.3 is 9.11 Å². The molecule has 0 fully saturated rings. The van der Waals surface area contributed by atoms with Crippen molar-refractivity contribution in [2.24, 2.45) is 0 Å². The molecule has 0 heterocycles. The van der Waals surface area contributed by atoms with Crippen molar-refractivity contribution in [3.63, 3.8) is 0 Å². The van der Waals surface area contributed by atoms with Crippen LogP contribution in [0.1, 0.15) is 0 Å². The van der Waals surface area contributed by atoms with Gasteiger partial charge in [0.25, 0.3) is 0 Å². The Morgan fingerprint density at radius 3 is 1.43 bits per heavy atom. The first-order valence-corrected chi connectivity index (χ1v) is 5.26. The highest BCUT2D eigenvalue weighted by atomic mass is 32.2. The first kappa shape index (κ1) is 11.4. The van der Waals surface area contributed by atoms with Crippen LogP contribution in [0, 0.1) is 11.6 Å². The zero-order valence-corrected chi connectivity index (χ0v) is 7.99. The molecule has 2 atom stereocenters. The van der Waals surface area contributed by atoms with Crippen LogP contribution in [0.4, 0.5) is 8.78 Å². The number of hydrogen-bond donors (Lipinski definition) is 0. The summed E-state index contributed by atoms with van der Waals surface area (Å²) in [5.41, 5.74) is 0. The molecule has 1 rings (SSSR count). The van der Waals surface area contributed by atoms with Crippen molar-refractivity contribution in [3.05, 3.63) is 23.8 Å². The summed E-state index contributed by atoms with van der Waals surface area (Å²) in [6.45, 7) is 0. The first-order valence-electron chi connectivity index (χ1n) is 3.11. The zero-order chi connectivity index (χ0) is 10.9. The highest BCUT2D eigenvalue weighted by molar-refractivity contribution is 7.79. The molecule has 0 N–H and O–H groups in total. The van der Waals surface area contributed by atoms with E-state index < -0.39 is 43.6 Å². The fraction of sp³-hybridized carbons (Fsp3) is 0. The number of benzene rings is 1. The molecule has 4 nitrogen and oxygen atoms in total. The molecule has 0 aliphatic rings. The number of hydrogen-bond acceptors (Lipinski definition) is 4. The molecule has 0 spiro atoms. The molecule has 1 aromatic rings. The Hall–Kier alpha value is -0.700. The van der Waals surface area contributed by atoms with E-state index >= 15 is 0 Å². The van der Waals surface area contributed by atoms with E-state index in [-0.39, 0.29) is 0 Å². The Bertz CT molecular complexity index is 381. The van der Waals surface area contributed by atoms with Crippen molar-refractivity contribution in [2.45, 2.75) is 9.79 Å². The Morgan fingerprint density at radius 1 is 0.929 bits per heavy atom. The second-order valence-corrected chi connectivity index (χ2v) is 4.00. The van der Waals surface area contributed by atoms with Gasteiger partial charge in [0.15, 0.2) is 0 Å². The quantitative estimate of drug-likeness (QED) is 0.702. The van der Waals surface area contributed by atoms with Crippen LogP contribution in [0.3, 0.4) is 0 Å². The minimum atomic E-state index is -2.94. The third-order valence-electron chi connectivity index (χ3n) is 1.35. The minimum Gasteiger partial charge on any atom is -0.768 e. The monoisotopic (exact) mass is 240 g/mol. The van der Waals surface area contributed by atoms with Crippen LogP contribution in [-0.2, 0) is 22.2 Å². The maximum absolute atomic E-state index is 12.8. The van der Waals surface area contributed by atoms with E-state index in [0.717, 1.165) is 0 Å². The normalized spacial score (nSPS) is 15.1. The minimum absolute atomic E-state index is 0.309. The van der Waals surface area contributed by atoms with Gasteiger partial charge in [-0.1, -0.05) is 0 Å². The molecule has 2 unspecified atom stereocenters. The lowest BCUT2D eigenvalue weighted by molar-refractivity contribution is 0.500. The number of halogens is 2. The van der Waals surface area contributed by atoms with Gasteiger partial charge in [-0.15, -0.1) is 0 Å². The molecule has 0 radical (unpaired) electrons. The van der Waals surface area contributed by atoms with Gasteiger partial charge in [0.2, 0.25) is 0 Å². The van der Waals surface area contributed by atoms with Gasteiger partial charge in [0, 0.05) is 0 Å². The fourth-order valence-electron chi connectivity index (χ4n) is 0.766. The van der Waals surface area contributed by atoms with Crippen molar-refractivity contribution in [1.29, 1.82) is 0 Å². The molecule has 0 saturated heterocycles. The van der Waals surface area contributed by atoms with Crippen LogP contribution in [0.25, 0.3) is 0 Å². The predicted octanol–water partition coefficient (Wildman–Crippen LogP) is 0.441. The maximum atomic E-state index is 12.8. The maximum Gasteiger partial charge on any atom is 0.139 e. The van der Waals surface area contributed by atoms with Crippen molar-refractivity contribution < 1.29 is 26.3 Å². The average molecular weight is 240 g/mol. The van der Waals surface area contributed by atoms with Gasteiger partial charge in [-0.05, 0) is 34.3 Å². The van der Waals surface area contributed by atoms with Crippen molar-refractivity contribution in [2.75, 3.05) is 0 Å². The molecule has 0 amide bonds. The molecular formula is C6H2F2O4S2-2. The average Bonchev–Trinajstić information content (AvgIpc) is 2.07. The zero-order valence-electron chi connectivity index (χ0n) is 6.36. The molecule has 0 aliphatic heterocycles. The Morgan fingerprint density at radius 2 is 1.21 bits per heavy atom. The first-order chi connectivity index (χ1) is 6.43. The van der Waals surface area contributed by atoms with Crippen molar-refractivity contribution in [3.8, 4) is 0 Å². The third kappa shape index (κ3) is 2.21. The summed E-state index contributed by atoms with van der Waals surface area (Å²) in [5.74, 6) is -2.61. The summed E-state index contributed by atoms with van der Waals surface area (Å²) in [5, 5.41) is 0. The SMILES string of the molecule is O=S([O-])c1cc(F)c(S(=O)[O-])cc1F. The Labute approximate surface area is 82.5 Å². The van der Waals surface area contributed by atoms with Crippen LogP contribution in [-0.4, -0.2) is 17.5 Å². The lowest BCUT2D eigenvalue weighted by atomic mass is 10.3. The van der Waals surface area contributed by atoms with Crippen LogP contribution in [0.15, 0.2) is 21.9 Å². The van der Waals surface area contributed by atoms with Crippen LogP contribution in [0.5, 0.6) is 0 Å². The predicted molar refractivity (Wildman–Crippen MR) is 40.7 cm³/mol. The van der Waals surface area contributed by atoms with E-state index in [1.54, 1.807) is 0 Å². The molecule has 78 valence electrons. The standard InChI is InChI=1S/C6H4F2O4S2/c7-3-1-5(13(9)10)4(8)2-6(3)14(11)12/h1-2H,(H,9,10)(H,11,12)/p-2. The van der Waals surface area contributed by atoms with Crippen LogP contribution in [0.2, 0.25) is 0 Å². The molecule has 0 bridgehead atoms. The van der Waals surface area contributed by atoms with Gasteiger partial charge in [0.05, 0.1) is 9.79 Å². The van der Waals surface area contributed by atoms with Gasteiger partial charge in [-0.25, -0.2) is 8.78 Å². The largest absolute Gasteiger partial charge is 0.768 e. The lowest BCUT2D eigenvalue weighted by Crippen LogP contribution is -2.00. The Kier molecular flexibility index (Phi) is 3.43. The van der Waals surface area contributed by atoms with E-state index in [4.69, 9.17) is 0 Å². The van der Waals surface area contributed by atoms with E-state index in [0.29, 0.717) is 12.1 Å². The van der Waals surface area contributed by atoms with Crippen molar-refractivity contribution >= 4 is 22.2 Å². The van der Waals surface area contributed by atoms with E-state index in [1.807, 2.05) is 0 Å². The second-order valence-electron chi connectivity index (χ2n) is 2.18. The van der Waals surface area contributed by atoms with Gasteiger partial charge >= 0.3 is 0 Å². The van der Waals surface area contributed by atoms with E-state index in [1.165, 1.54) is 0 Å². The van der Waals surface area contributed by atoms with Gasteiger partial charge in [-0.3, -0.25) is 8.42 Å². The summed E-state index contributed by atoms with van der Waals surface area (Å²) >= 11 is -5.88. The van der Waals surface area contributed by atoms with Crippen molar-refractivity contribution in [1.82, 2.24) is 0 Å². The smallest absolute Gasteiger partial charge is 0.139 e.